The first-order valence-electron chi connectivity index (χ1n) is 11.7. The molecule has 1 saturated heterocycles. The zero-order valence-electron chi connectivity index (χ0n) is 19.6. The molecule has 0 saturated carbocycles. The molecule has 0 radical (unpaired) electrons. The van der Waals surface area contributed by atoms with E-state index in [0.717, 1.165) is 12.0 Å². The van der Waals surface area contributed by atoms with E-state index >= 15 is 0 Å². The van der Waals surface area contributed by atoms with Crippen molar-refractivity contribution in [2.24, 2.45) is 0 Å². The first-order chi connectivity index (χ1) is 16.4. The molecule has 0 unspecified atom stereocenters. The van der Waals surface area contributed by atoms with Crippen LogP contribution in [-0.2, 0) is 20.7 Å². The highest BCUT2D eigenvalue weighted by molar-refractivity contribution is 6.00. The summed E-state index contributed by atoms with van der Waals surface area (Å²) in [7, 11) is 1.77. The first-order valence-corrected chi connectivity index (χ1v) is 11.7. The SMILES string of the molecule is CCNC(=O)C[C@H]1CC[C@@H]2[C@@H](COc3ccc(NC(=O)Cc4ccccc4)cc3C(=O)N2C)O1. The molecular formula is C26H31N3O5. The van der Waals surface area contributed by atoms with Crippen molar-refractivity contribution < 1.29 is 23.9 Å². The van der Waals surface area contributed by atoms with E-state index in [2.05, 4.69) is 10.6 Å². The van der Waals surface area contributed by atoms with Gasteiger partial charge >= 0.3 is 0 Å². The predicted octanol–water partition coefficient (Wildman–Crippen LogP) is 2.77. The Hall–Kier alpha value is -3.39. The van der Waals surface area contributed by atoms with Gasteiger partial charge in [0.1, 0.15) is 18.5 Å². The molecule has 2 aromatic carbocycles. The molecule has 34 heavy (non-hydrogen) atoms. The maximum Gasteiger partial charge on any atom is 0.257 e. The summed E-state index contributed by atoms with van der Waals surface area (Å²) >= 11 is 0. The minimum absolute atomic E-state index is 0.0330. The number of amides is 3. The van der Waals surface area contributed by atoms with Crippen LogP contribution in [0.1, 0.15) is 42.1 Å². The Morgan fingerprint density at radius 1 is 1.09 bits per heavy atom. The fraction of sp³-hybridized carbons (Fsp3) is 0.423. The summed E-state index contributed by atoms with van der Waals surface area (Å²) < 4.78 is 12.2. The van der Waals surface area contributed by atoms with E-state index in [1.54, 1.807) is 30.1 Å². The lowest BCUT2D eigenvalue weighted by molar-refractivity contribution is -0.134. The highest BCUT2D eigenvalue weighted by atomic mass is 16.5. The molecule has 2 N–H and O–H groups in total. The summed E-state index contributed by atoms with van der Waals surface area (Å²) in [5.41, 5.74) is 1.87. The molecule has 0 spiro atoms. The number of anilines is 1. The molecule has 4 rings (SSSR count). The van der Waals surface area contributed by atoms with Crippen LogP contribution in [0.2, 0.25) is 0 Å². The molecule has 2 heterocycles. The molecule has 0 aromatic heterocycles. The Morgan fingerprint density at radius 2 is 1.88 bits per heavy atom. The van der Waals surface area contributed by atoms with E-state index in [-0.39, 0.29) is 49.0 Å². The lowest BCUT2D eigenvalue weighted by Crippen LogP contribution is -2.54. The number of hydrogen-bond donors (Lipinski definition) is 2. The molecule has 1 fully saturated rings. The fourth-order valence-corrected chi connectivity index (χ4v) is 4.57. The van der Waals surface area contributed by atoms with Crippen LogP contribution in [0, 0.1) is 0 Å². The lowest BCUT2D eigenvalue weighted by Gasteiger charge is -2.42. The molecule has 2 aliphatic heterocycles. The van der Waals surface area contributed by atoms with Crippen molar-refractivity contribution in [1.29, 1.82) is 0 Å². The van der Waals surface area contributed by atoms with Crippen LogP contribution in [0.15, 0.2) is 48.5 Å². The van der Waals surface area contributed by atoms with E-state index in [1.807, 2.05) is 37.3 Å². The number of nitrogens with zero attached hydrogens (tertiary/aromatic N) is 1. The van der Waals surface area contributed by atoms with Crippen LogP contribution in [0.3, 0.4) is 0 Å². The highest BCUT2D eigenvalue weighted by Gasteiger charge is 2.39. The van der Waals surface area contributed by atoms with Crippen molar-refractivity contribution in [3.05, 3.63) is 59.7 Å². The summed E-state index contributed by atoms with van der Waals surface area (Å²) in [4.78, 5) is 39.5. The van der Waals surface area contributed by atoms with Gasteiger partial charge in [-0.25, -0.2) is 0 Å². The number of benzene rings is 2. The smallest absolute Gasteiger partial charge is 0.257 e. The van der Waals surface area contributed by atoms with Crippen molar-refractivity contribution in [2.45, 2.75) is 50.9 Å². The number of nitrogens with one attached hydrogen (secondary N) is 2. The van der Waals surface area contributed by atoms with Crippen LogP contribution >= 0.6 is 0 Å². The quantitative estimate of drug-likeness (QED) is 0.684. The van der Waals surface area contributed by atoms with Crippen LogP contribution in [0.25, 0.3) is 0 Å². The first kappa shape index (κ1) is 23.8. The van der Waals surface area contributed by atoms with E-state index in [0.29, 0.717) is 36.4 Å². The van der Waals surface area contributed by atoms with E-state index in [9.17, 15) is 14.4 Å². The van der Waals surface area contributed by atoms with Crippen molar-refractivity contribution in [2.75, 3.05) is 25.5 Å². The van der Waals surface area contributed by atoms with Gasteiger partial charge in [0.05, 0.1) is 30.6 Å². The van der Waals surface area contributed by atoms with Gasteiger partial charge < -0.3 is 25.0 Å². The van der Waals surface area contributed by atoms with Crippen molar-refractivity contribution in [1.82, 2.24) is 10.2 Å². The van der Waals surface area contributed by atoms with Gasteiger partial charge in [-0.05, 0) is 43.5 Å². The molecule has 2 aromatic rings. The van der Waals surface area contributed by atoms with Gasteiger partial charge in [-0.15, -0.1) is 0 Å². The monoisotopic (exact) mass is 465 g/mol. The van der Waals surface area contributed by atoms with Gasteiger partial charge in [0, 0.05) is 19.3 Å². The Morgan fingerprint density at radius 3 is 2.65 bits per heavy atom. The number of rotatable bonds is 6. The third kappa shape index (κ3) is 5.56. The van der Waals surface area contributed by atoms with Crippen LogP contribution in [0.4, 0.5) is 5.69 Å². The summed E-state index contributed by atoms with van der Waals surface area (Å²) in [6, 6.07) is 14.4. The maximum atomic E-state index is 13.3. The average molecular weight is 466 g/mol. The van der Waals surface area contributed by atoms with Gasteiger partial charge in [-0.1, -0.05) is 30.3 Å². The summed E-state index contributed by atoms with van der Waals surface area (Å²) in [5, 5.41) is 5.68. The molecule has 2 aliphatic rings. The zero-order chi connectivity index (χ0) is 24.1. The molecule has 0 bridgehead atoms. The number of carbonyl (C=O) groups excluding carboxylic acids is 3. The normalized spacial score (nSPS) is 21.9. The molecular weight excluding hydrogens is 434 g/mol. The van der Waals surface area contributed by atoms with Gasteiger partial charge in [-0.2, -0.15) is 0 Å². The number of fused-ring (bicyclic) bond motifs is 2. The summed E-state index contributed by atoms with van der Waals surface area (Å²) in [6.45, 7) is 2.75. The third-order valence-electron chi connectivity index (χ3n) is 6.29. The second-order valence-electron chi connectivity index (χ2n) is 8.75. The van der Waals surface area contributed by atoms with Gasteiger partial charge in [0.15, 0.2) is 0 Å². The van der Waals surface area contributed by atoms with Crippen molar-refractivity contribution in [3.8, 4) is 5.75 Å². The minimum Gasteiger partial charge on any atom is -0.490 e. The Kier molecular flexibility index (Phi) is 7.47. The topological polar surface area (TPSA) is 97.0 Å². The second kappa shape index (κ2) is 10.7. The lowest BCUT2D eigenvalue weighted by atomic mass is 9.94. The molecule has 8 heteroatoms. The molecule has 0 aliphatic carbocycles. The predicted molar refractivity (Wildman–Crippen MR) is 128 cm³/mol. The number of likely N-dealkylation sites (N-methyl/N-ethyl adjacent to an activating group) is 1. The van der Waals surface area contributed by atoms with E-state index < -0.39 is 0 Å². The van der Waals surface area contributed by atoms with Gasteiger partial charge in [-0.3, -0.25) is 14.4 Å². The Labute approximate surface area is 199 Å². The number of ether oxygens (including phenoxy) is 2. The molecule has 3 amide bonds. The van der Waals surface area contributed by atoms with Crippen molar-refractivity contribution >= 4 is 23.4 Å². The largest absolute Gasteiger partial charge is 0.490 e. The average Bonchev–Trinajstić information content (AvgIpc) is 2.82. The minimum atomic E-state index is -0.319. The van der Waals surface area contributed by atoms with Gasteiger partial charge in [0.2, 0.25) is 11.8 Å². The molecule has 180 valence electrons. The van der Waals surface area contributed by atoms with E-state index in [4.69, 9.17) is 9.47 Å². The Balaban J connectivity index is 1.45. The second-order valence-corrected chi connectivity index (χ2v) is 8.75. The van der Waals surface area contributed by atoms with Crippen LogP contribution < -0.4 is 15.4 Å². The van der Waals surface area contributed by atoms with Crippen molar-refractivity contribution in [3.63, 3.8) is 0 Å². The van der Waals surface area contributed by atoms with Crippen LogP contribution in [-0.4, -0.2) is 61.1 Å². The standard InChI is InChI=1S/C26H31N3O5/c1-3-27-24(30)15-19-10-11-21-23(34-19)16-33-22-12-9-18(14-20(22)26(32)29(21)2)28-25(31)13-17-7-5-4-6-8-17/h4-9,12,14,19,21,23H,3,10-11,13,15-16H2,1-2H3,(H,27,30)(H,28,31)/t19-,21-,23-/m1/s1. The van der Waals surface area contributed by atoms with E-state index in [1.165, 1.54) is 0 Å². The molecule has 3 atom stereocenters. The number of hydrogen-bond acceptors (Lipinski definition) is 5. The fourth-order valence-electron chi connectivity index (χ4n) is 4.57. The summed E-state index contributed by atoms with van der Waals surface area (Å²) in [5.74, 6) is 0.0763. The zero-order valence-corrected chi connectivity index (χ0v) is 19.6. The number of carbonyl (C=O) groups is 3. The van der Waals surface area contributed by atoms with Crippen LogP contribution in [0.5, 0.6) is 5.75 Å². The summed E-state index contributed by atoms with van der Waals surface area (Å²) in [6.07, 6.45) is 1.46. The van der Waals surface area contributed by atoms with Gasteiger partial charge in [0.25, 0.3) is 5.91 Å². The highest BCUT2D eigenvalue weighted by Crippen LogP contribution is 2.32. The third-order valence-corrected chi connectivity index (χ3v) is 6.29. The Bertz CT molecular complexity index is 1040. The molecule has 8 nitrogen and oxygen atoms in total. The maximum absolute atomic E-state index is 13.3.